The number of rotatable bonds is 4. The highest BCUT2D eigenvalue weighted by Gasteiger charge is 2.06. The normalized spacial score (nSPS) is 12.2. The third-order valence-corrected chi connectivity index (χ3v) is 2.60. The molecule has 0 saturated heterocycles. The second-order valence-corrected chi connectivity index (χ2v) is 3.97. The molecule has 0 aliphatic carbocycles. The van der Waals surface area contributed by atoms with Crippen LogP contribution in [0.5, 0.6) is 11.6 Å². The van der Waals surface area contributed by atoms with E-state index in [1.807, 2.05) is 12.1 Å². The fourth-order valence-electron chi connectivity index (χ4n) is 1.59. The van der Waals surface area contributed by atoms with E-state index >= 15 is 0 Å². The lowest BCUT2D eigenvalue weighted by molar-refractivity contribution is 0.198. The van der Waals surface area contributed by atoms with Crippen LogP contribution in [0, 0.1) is 0 Å². The van der Waals surface area contributed by atoms with Crippen molar-refractivity contribution in [1.82, 2.24) is 4.98 Å². The highest BCUT2D eigenvalue weighted by Crippen LogP contribution is 2.25. The van der Waals surface area contributed by atoms with Crippen molar-refractivity contribution in [3.8, 4) is 11.6 Å². The van der Waals surface area contributed by atoms with E-state index in [2.05, 4.69) is 4.98 Å². The van der Waals surface area contributed by atoms with E-state index < -0.39 is 6.10 Å². The summed E-state index contributed by atoms with van der Waals surface area (Å²) in [6.07, 6.45) is 1.02. The van der Waals surface area contributed by atoms with E-state index in [-0.39, 0.29) is 6.61 Å². The van der Waals surface area contributed by atoms with Crippen LogP contribution in [0.15, 0.2) is 42.6 Å². The minimum absolute atomic E-state index is 0.0910. The molecule has 0 fully saturated rings. The fourth-order valence-corrected chi connectivity index (χ4v) is 1.59. The number of hydrogen-bond acceptors (Lipinski definition) is 4. The molecule has 0 unspecified atom stereocenters. The molecule has 0 radical (unpaired) electrons. The molecule has 0 amide bonds. The highest BCUT2D eigenvalue weighted by molar-refractivity contribution is 5.36. The van der Waals surface area contributed by atoms with Gasteiger partial charge >= 0.3 is 0 Å². The van der Waals surface area contributed by atoms with Gasteiger partial charge in [-0.3, -0.25) is 0 Å². The van der Waals surface area contributed by atoms with Gasteiger partial charge < -0.3 is 14.9 Å². The minimum atomic E-state index is -0.566. The Morgan fingerprint density at radius 1 is 1.28 bits per heavy atom. The smallest absolute Gasteiger partial charge is 0.219 e. The molecule has 1 heterocycles. The number of aliphatic hydroxyl groups is 2. The van der Waals surface area contributed by atoms with Gasteiger partial charge in [-0.2, -0.15) is 0 Å². The summed E-state index contributed by atoms with van der Waals surface area (Å²) < 4.78 is 5.61. The van der Waals surface area contributed by atoms with Gasteiger partial charge in [0.25, 0.3) is 0 Å². The Hall–Kier alpha value is -1.91. The van der Waals surface area contributed by atoms with Gasteiger partial charge in [0, 0.05) is 17.8 Å². The van der Waals surface area contributed by atoms with Crippen LogP contribution >= 0.6 is 0 Å². The van der Waals surface area contributed by atoms with Crippen molar-refractivity contribution in [2.75, 3.05) is 0 Å². The van der Waals surface area contributed by atoms with Crippen molar-refractivity contribution in [1.29, 1.82) is 0 Å². The summed E-state index contributed by atoms with van der Waals surface area (Å²) in [6.45, 7) is 1.59. The molecule has 2 N–H and O–H groups in total. The minimum Gasteiger partial charge on any atom is -0.439 e. The molecular weight excluding hydrogens is 230 g/mol. The molecule has 1 aromatic heterocycles. The number of nitrogens with zero attached hydrogens (tertiary/aromatic N) is 1. The van der Waals surface area contributed by atoms with Crippen LogP contribution in [-0.2, 0) is 6.61 Å². The molecule has 0 aliphatic rings. The lowest BCUT2D eigenvalue weighted by atomic mass is 10.2. The molecule has 0 spiro atoms. The van der Waals surface area contributed by atoms with Crippen LogP contribution in [0.25, 0.3) is 0 Å². The Morgan fingerprint density at radius 3 is 2.78 bits per heavy atom. The van der Waals surface area contributed by atoms with E-state index in [4.69, 9.17) is 4.74 Å². The quantitative estimate of drug-likeness (QED) is 0.868. The van der Waals surface area contributed by atoms with Crippen LogP contribution in [0.2, 0.25) is 0 Å². The first-order valence-corrected chi connectivity index (χ1v) is 5.71. The topological polar surface area (TPSA) is 62.6 Å². The molecule has 2 rings (SSSR count). The Kier molecular flexibility index (Phi) is 3.92. The Balaban J connectivity index is 2.25. The summed E-state index contributed by atoms with van der Waals surface area (Å²) in [6, 6.07) is 10.6. The van der Waals surface area contributed by atoms with E-state index in [0.29, 0.717) is 17.2 Å². The van der Waals surface area contributed by atoms with Crippen LogP contribution < -0.4 is 4.74 Å². The average Bonchev–Trinajstić information content (AvgIpc) is 2.39. The van der Waals surface area contributed by atoms with Crippen molar-refractivity contribution in [2.45, 2.75) is 19.6 Å². The van der Waals surface area contributed by atoms with E-state index in [0.717, 1.165) is 5.56 Å². The lowest BCUT2D eigenvalue weighted by Gasteiger charge is -2.10. The Labute approximate surface area is 106 Å². The number of para-hydroxylation sites is 1. The van der Waals surface area contributed by atoms with Crippen molar-refractivity contribution >= 4 is 0 Å². The molecule has 0 bridgehead atoms. The van der Waals surface area contributed by atoms with Gasteiger partial charge in [-0.1, -0.05) is 18.2 Å². The summed E-state index contributed by atoms with van der Waals surface area (Å²) in [7, 11) is 0. The number of hydrogen-bond donors (Lipinski definition) is 2. The van der Waals surface area contributed by atoms with E-state index in [9.17, 15) is 10.2 Å². The Bertz CT molecular complexity index is 526. The monoisotopic (exact) mass is 245 g/mol. The predicted octanol–water partition coefficient (Wildman–Crippen LogP) is 2.42. The van der Waals surface area contributed by atoms with Crippen LogP contribution in [-0.4, -0.2) is 15.2 Å². The highest BCUT2D eigenvalue weighted by atomic mass is 16.5. The third-order valence-electron chi connectivity index (χ3n) is 2.60. The maximum Gasteiger partial charge on any atom is 0.219 e. The molecule has 0 saturated carbocycles. The van der Waals surface area contributed by atoms with Crippen LogP contribution in [0.3, 0.4) is 0 Å². The van der Waals surface area contributed by atoms with E-state index in [1.54, 1.807) is 37.4 Å². The molecule has 1 atom stereocenters. The molecule has 4 nitrogen and oxygen atoms in total. The summed E-state index contributed by atoms with van der Waals surface area (Å²) in [5.74, 6) is 0.963. The second-order valence-electron chi connectivity index (χ2n) is 3.97. The van der Waals surface area contributed by atoms with Crippen LogP contribution in [0.4, 0.5) is 0 Å². The summed E-state index contributed by atoms with van der Waals surface area (Å²) in [5, 5.41) is 18.7. The van der Waals surface area contributed by atoms with Gasteiger partial charge in [-0.25, -0.2) is 4.98 Å². The van der Waals surface area contributed by atoms with Crippen molar-refractivity contribution in [3.63, 3.8) is 0 Å². The second kappa shape index (κ2) is 5.62. The van der Waals surface area contributed by atoms with Gasteiger partial charge in [-0.05, 0) is 24.6 Å². The maximum absolute atomic E-state index is 9.49. The maximum atomic E-state index is 9.49. The van der Waals surface area contributed by atoms with Crippen LogP contribution in [0.1, 0.15) is 24.2 Å². The zero-order chi connectivity index (χ0) is 13.0. The molecular formula is C14H15NO3. The summed E-state index contributed by atoms with van der Waals surface area (Å²) in [4.78, 5) is 4.08. The first kappa shape index (κ1) is 12.5. The average molecular weight is 245 g/mol. The summed E-state index contributed by atoms with van der Waals surface area (Å²) in [5.41, 5.74) is 1.43. The summed E-state index contributed by atoms with van der Waals surface area (Å²) >= 11 is 0. The van der Waals surface area contributed by atoms with E-state index in [1.165, 1.54) is 0 Å². The predicted molar refractivity (Wildman–Crippen MR) is 67.3 cm³/mol. The number of benzene rings is 1. The largest absolute Gasteiger partial charge is 0.439 e. The third kappa shape index (κ3) is 2.85. The number of aromatic nitrogens is 1. The number of pyridine rings is 1. The van der Waals surface area contributed by atoms with Crippen molar-refractivity contribution < 1.29 is 14.9 Å². The first-order chi connectivity index (χ1) is 8.70. The standard InChI is InChI=1S/C14H15NO3/c1-10(17)11-6-7-15-14(8-11)18-13-5-3-2-4-12(13)9-16/h2-8,10,16-17H,9H2,1H3/t10-/m0/s1. The molecule has 4 heteroatoms. The van der Waals surface area contributed by atoms with Crippen molar-refractivity contribution in [3.05, 3.63) is 53.7 Å². The SMILES string of the molecule is C[C@H](O)c1ccnc(Oc2ccccc2CO)c1. The zero-order valence-electron chi connectivity index (χ0n) is 10.1. The van der Waals surface area contributed by atoms with Gasteiger partial charge in [0.1, 0.15) is 5.75 Å². The molecule has 0 aliphatic heterocycles. The number of aliphatic hydroxyl groups excluding tert-OH is 2. The fraction of sp³-hybridized carbons (Fsp3) is 0.214. The van der Waals surface area contributed by atoms with Crippen molar-refractivity contribution in [2.24, 2.45) is 0 Å². The zero-order valence-corrected chi connectivity index (χ0v) is 10.1. The van der Waals surface area contributed by atoms with Gasteiger partial charge in [0.2, 0.25) is 5.88 Å². The molecule has 1 aromatic carbocycles. The molecule has 94 valence electrons. The Morgan fingerprint density at radius 2 is 2.06 bits per heavy atom. The van der Waals surface area contributed by atoms with Gasteiger partial charge in [0.05, 0.1) is 12.7 Å². The number of ether oxygens (including phenoxy) is 1. The van der Waals surface area contributed by atoms with Gasteiger partial charge in [0.15, 0.2) is 0 Å². The lowest BCUT2D eigenvalue weighted by Crippen LogP contribution is -1.96. The first-order valence-electron chi connectivity index (χ1n) is 5.71. The van der Waals surface area contributed by atoms with Gasteiger partial charge in [-0.15, -0.1) is 0 Å². The molecule has 2 aromatic rings. The molecule has 18 heavy (non-hydrogen) atoms.